The van der Waals surface area contributed by atoms with Crippen LogP contribution in [0.5, 0.6) is 0 Å². The van der Waals surface area contributed by atoms with Crippen LogP contribution < -0.4 is 10.6 Å². The van der Waals surface area contributed by atoms with E-state index in [1.54, 1.807) is 12.1 Å². The summed E-state index contributed by atoms with van der Waals surface area (Å²) in [4.78, 5) is 26.5. The summed E-state index contributed by atoms with van der Waals surface area (Å²) in [6.45, 7) is 2.14. The second-order valence-electron chi connectivity index (χ2n) is 8.80. The van der Waals surface area contributed by atoms with Crippen LogP contribution >= 0.6 is 0 Å². The zero-order valence-corrected chi connectivity index (χ0v) is 16.4. The minimum atomic E-state index is -0.286. The van der Waals surface area contributed by atoms with Crippen LogP contribution in [0.15, 0.2) is 48.5 Å². The molecule has 6 rings (SSSR count). The Morgan fingerprint density at radius 2 is 1.66 bits per heavy atom. The van der Waals surface area contributed by atoms with Gasteiger partial charge < -0.3 is 15.5 Å². The van der Waals surface area contributed by atoms with Gasteiger partial charge in [0.1, 0.15) is 5.82 Å². The van der Waals surface area contributed by atoms with E-state index in [-0.39, 0.29) is 34.9 Å². The Morgan fingerprint density at radius 1 is 1.00 bits per heavy atom. The average Bonchev–Trinajstić information content (AvgIpc) is 2.65. The van der Waals surface area contributed by atoms with Crippen LogP contribution in [0, 0.1) is 5.82 Å². The maximum Gasteiger partial charge on any atom is 0.318 e. The van der Waals surface area contributed by atoms with E-state index in [0.717, 1.165) is 36.8 Å². The standard InChI is InChI=1S/C23H24FN3O2/c1-15(28)25-22-12-23(13-22,14-22)26-21(29)27-11-10-16-4-2-3-5-19(16)20(27)17-6-8-18(24)9-7-17/h2-9,20H,10-14H2,1H3,(H,25,28)(H,26,29). The third kappa shape index (κ3) is 2.98. The number of hydrogen-bond acceptors (Lipinski definition) is 2. The molecule has 3 fully saturated rings. The molecule has 0 radical (unpaired) electrons. The highest BCUT2D eigenvalue weighted by molar-refractivity contribution is 5.79. The van der Waals surface area contributed by atoms with Crippen LogP contribution in [0.1, 0.15) is 48.9 Å². The number of fused-ring (bicyclic) bond motifs is 1. The summed E-state index contributed by atoms with van der Waals surface area (Å²) in [5.41, 5.74) is 2.89. The highest BCUT2D eigenvalue weighted by Gasteiger charge is 2.69. The molecule has 150 valence electrons. The molecule has 0 saturated heterocycles. The second kappa shape index (κ2) is 6.31. The highest BCUT2D eigenvalue weighted by Crippen LogP contribution is 2.60. The van der Waals surface area contributed by atoms with E-state index in [1.807, 2.05) is 17.0 Å². The Kier molecular flexibility index (Phi) is 3.95. The predicted octanol–water partition coefficient (Wildman–Crippen LogP) is 3.29. The van der Waals surface area contributed by atoms with Crippen molar-refractivity contribution in [2.45, 2.75) is 49.7 Å². The molecule has 2 aromatic carbocycles. The van der Waals surface area contributed by atoms with Gasteiger partial charge in [-0.05, 0) is 54.5 Å². The maximum atomic E-state index is 13.5. The molecule has 1 aliphatic heterocycles. The molecule has 5 nitrogen and oxygen atoms in total. The fourth-order valence-corrected chi connectivity index (χ4v) is 5.52. The van der Waals surface area contributed by atoms with E-state index < -0.39 is 0 Å². The highest BCUT2D eigenvalue weighted by atomic mass is 19.1. The van der Waals surface area contributed by atoms with Gasteiger partial charge in [0.2, 0.25) is 5.91 Å². The van der Waals surface area contributed by atoms with Gasteiger partial charge >= 0.3 is 6.03 Å². The lowest BCUT2D eigenvalue weighted by atomic mass is 9.44. The number of carbonyl (C=O) groups is 2. The molecule has 4 aliphatic rings. The van der Waals surface area contributed by atoms with Gasteiger partial charge in [-0.25, -0.2) is 9.18 Å². The largest absolute Gasteiger partial charge is 0.351 e. The van der Waals surface area contributed by atoms with Crippen molar-refractivity contribution in [1.82, 2.24) is 15.5 Å². The molecule has 0 spiro atoms. The van der Waals surface area contributed by atoms with E-state index in [0.29, 0.717) is 6.54 Å². The third-order valence-electron chi connectivity index (χ3n) is 6.57. The maximum absolute atomic E-state index is 13.5. The van der Waals surface area contributed by atoms with Crippen LogP contribution in [-0.4, -0.2) is 34.5 Å². The summed E-state index contributed by atoms with van der Waals surface area (Å²) in [6, 6.07) is 14.2. The lowest BCUT2D eigenvalue weighted by Gasteiger charge is -2.70. The van der Waals surface area contributed by atoms with Crippen LogP contribution in [0.4, 0.5) is 9.18 Å². The number of nitrogens with zero attached hydrogens (tertiary/aromatic N) is 1. The third-order valence-corrected chi connectivity index (χ3v) is 6.57. The number of hydrogen-bond donors (Lipinski definition) is 2. The van der Waals surface area contributed by atoms with Gasteiger partial charge in [0.15, 0.2) is 0 Å². The van der Waals surface area contributed by atoms with Crippen molar-refractivity contribution in [3.63, 3.8) is 0 Å². The first-order valence-electron chi connectivity index (χ1n) is 10.1. The van der Waals surface area contributed by atoms with Gasteiger partial charge in [-0.2, -0.15) is 0 Å². The second-order valence-corrected chi connectivity index (χ2v) is 8.80. The molecule has 2 aromatic rings. The zero-order valence-electron chi connectivity index (χ0n) is 16.4. The van der Waals surface area contributed by atoms with E-state index in [2.05, 4.69) is 22.8 Å². The van der Waals surface area contributed by atoms with Crippen molar-refractivity contribution in [2.75, 3.05) is 6.54 Å². The molecule has 1 atom stereocenters. The smallest absolute Gasteiger partial charge is 0.318 e. The van der Waals surface area contributed by atoms with Crippen molar-refractivity contribution in [1.29, 1.82) is 0 Å². The predicted molar refractivity (Wildman–Crippen MR) is 107 cm³/mol. The molecule has 3 saturated carbocycles. The first-order valence-corrected chi connectivity index (χ1v) is 10.1. The quantitative estimate of drug-likeness (QED) is 0.841. The number of urea groups is 1. The molecular weight excluding hydrogens is 369 g/mol. The summed E-state index contributed by atoms with van der Waals surface area (Å²) in [6.07, 6.45) is 3.16. The summed E-state index contributed by atoms with van der Waals surface area (Å²) in [5, 5.41) is 6.24. The van der Waals surface area contributed by atoms with Gasteiger partial charge in [0.05, 0.1) is 6.04 Å². The van der Waals surface area contributed by atoms with Gasteiger partial charge in [-0.1, -0.05) is 36.4 Å². The Labute approximate surface area is 169 Å². The molecule has 3 aliphatic carbocycles. The Balaban J connectivity index is 1.38. The minimum Gasteiger partial charge on any atom is -0.351 e. The van der Waals surface area contributed by atoms with E-state index in [9.17, 15) is 14.0 Å². The van der Waals surface area contributed by atoms with Gasteiger partial charge in [-0.3, -0.25) is 4.79 Å². The van der Waals surface area contributed by atoms with Crippen molar-refractivity contribution >= 4 is 11.9 Å². The zero-order chi connectivity index (χ0) is 20.2. The molecule has 1 unspecified atom stereocenters. The molecule has 0 aromatic heterocycles. The fraction of sp³-hybridized carbons (Fsp3) is 0.391. The van der Waals surface area contributed by atoms with Crippen LogP contribution in [0.3, 0.4) is 0 Å². The molecule has 1 heterocycles. The van der Waals surface area contributed by atoms with Crippen molar-refractivity contribution in [2.24, 2.45) is 0 Å². The molecule has 29 heavy (non-hydrogen) atoms. The van der Waals surface area contributed by atoms with Crippen molar-refractivity contribution in [3.8, 4) is 0 Å². The molecule has 3 amide bonds. The number of carbonyl (C=O) groups excluding carboxylic acids is 2. The summed E-state index contributed by atoms with van der Waals surface area (Å²) in [5.74, 6) is -0.306. The van der Waals surface area contributed by atoms with Gasteiger partial charge in [-0.15, -0.1) is 0 Å². The molecule has 2 bridgehead atoms. The normalized spacial score (nSPS) is 29.2. The Hall–Kier alpha value is -2.89. The summed E-state index contributed by atoms with van der Waals surface area (Å²) in [7, 11) is 0. The lowest BCUT2D eigenvalue weighted by molar-refractivity contribution is -0.137. The van der Waals surface area contributed by atoms with Crippen LogP contribution in [0.2, 0.25) is 0 Å². The molecule has 6 heteroatoms. The van der Waals surface area contributed by atoms with E-state index in [4.69, 9.17) is 0 Å². The monoisotopic (exact) mass is 393 g/mol. The lowest BCUT2D eigenvalue weighted by Crippen LogP contribution is -2.84. The number of nitrogens with one attached hydrogen (secondary N) is 2. The molecular formula is C23H24FN3O2. The molecule has 2 N–H and O–H groups in total. The summed E-state index contributed by atoms with van der Waals surface area (Å²) >= 11 is 0. The van der Waals surface area contributed by atoms with Gasteiger partial charge in [0, 0.05) is 24.5 Å². The summed E-state index contributed by atoms with van der Waals surface area (Å²) < 4.78 is 13.5. The number of halogens is 1. The van der Waals surface area contributed by atoms with Crippen LogP contribution in [0.25, 0.3) is 0 Å². The van der Waals surface area contributed by atoms with Crippen molar-refractivity contribution in [3.05, 3.63) is 71.0 Å². The number of amides is 3. The van der Waals surface area contributed by atoms with Gasteiger partial charge in [0.25, 0.3) is 0 Å². The van der Waals surface area contributed by atoms with Crippen molar-refractivity contribution < 1.29 is 14.0 Å². The average molecular weight is 393 g/mol. The number of rotatable bonds is 3. The number of benzene rings is 2. The van der Waals surface area contributed by atoms with Crippen LogP contribution in [-0.2, 0) is 11.2 Å². The fourth-order valence-electron chi connectivity index (χ4n) is 5.52. The minimum absolute atomic E-state index is 0.0198. The Bertz CT molecular complexity index is 968. The van der Waals surface area contributed by atoms with E-state index >= 15 is 0 Å². The Morgan fingerprint density at radius 3 is 2.34 bits per heavy atom. The SMILES string of the molecule is CC(=O)NC12CC(NC(=O)N3CCc4ccccc4C3c3ccc(F)cc3)(C1)C2. The topological polar surface area (TPSA) is 61.4 Å². The van der Waals surface area contributed by atoms with E-state index in [1.165, 1.54) is 24.6 Å². The first-order chi connectivity index (χ1) is 13.9. The first kappa shape index (κ1) is 18.2.